The molecule has 100 valence electrons. The SMILES string of the molecule is CSCC(=O)Nc1ccnn1Cc1ccc(Cl)cc1. The molecule has 0 radical (unpaired) electrons. The number of halogens is 1. The van der Waals surface area contributed by atoms with Gasteiger partial charge in [0.15, 0.2) is 0 Å². The molecule has 0 unspecified atom stereocenters. The molecule has 1 aromatic heterocycles. The fourth-order valence-electron chi connectivity index (χ4n) is 1.64. The van der Waals surface area contributed by atoms with Crippen LogP contribution in [0.2, 0.25) is 5.02 Å². The normalized spacial score (nSPS) is 10.4. The van der Waals surface area contributed by atoms with E-state index in [1.54, 1.807) is 16.9 Å². The van der Waals surface area contributed by atoms with E-state index in [1.165, 1.54) is 11.8 Å². The minimum absolute atomic E-state index is 0.0228. The summed E-state index contributed by atoms with van der Waals surface area (Å²) in [6.45, 7) is 0.596. The Kier molecular flexibility index (Phi) is 4.87. The number of aromatic nitrogens is 2. The first kappa shape index (κ1) is 14.0. The summed E-state index contributed by atoms with van der Waals surface area (Å²) in [5.74, 6) is 1.12. The van der Waals surface area contributed by atoms with E-state index >= 15 is 0 Å². The highest BCUT2D eigenvalue weighted by Gasteiger charge is 2.07. The Hall–Kier alpha value is -1.46. The van der Waals surface area contributed by atoms with Crippen molar-refractivity contribution in [3.05, 3.63) is 47.1 Å². The number of carbonyl (C=O) groups excluding carboxylic acids is 1. The van der Waals surface area contributed by atoms with Crippen molar-refractivity contribution in [2.24, 2.45) is 0 Å². The zero-order chi connectivity index (χ0) is 13.7. The van der Waals surface area contributed by atoms with Crippen LogP contribution in [0.1, 0.15) is 5.56 Å². The van der Waals surface area contributed by atoms with Gasteiger partial charge in [-0.1, -0.05) is 23.7 Å². The van der Waals surface area contributed by atoms with E-state index < -0.39 is 0 Å². The zero-order valence-electron chi connectivity index (χ0n) is 10.5. The Balaban J connectivity index is 2.07. The lowest BCUT2D eigenvalue weighted by molar-refractivity contribution is -0.113. The van der Waals surface area contributed by atoms with Crippen molar-refractivity contribution in [3.8, 4) is 0 Å². The summed E-state index contributed by atoms with van der Waals surface area (Å²) in [6, 6.07) is 9.35. The lowest BCUT2D eigenvalue weighted by Crippen LogP contribution is -2.17. The number of amides is 1. The molecule has 0 aliphatic carbocycles. The first-order valence-electron chi connectivity index (χ1n) is 5.74. The summed E-state index contributed by atoms with van der Waals surface area (Å²) in [6.07, 6.45) is 3.56. The average Bonchev–Trinajstić information content (AvgIpc) is 2.80. The average molecular weight is 296 g/mol. The second-order valence-corrected chi connectivity index (χ2v) is 5.28. The Morgan fingerprint density at radius 2 is 2.11 bits per heavy atom. The van der Waals surface area contributed by atoms with Gasteiger partial charge in [0.05, 0.1) is 18.5 Å². The van der Waals surface area contributed by atoms with E-state index in [4.69, 9.17) is 11.6 Å². The maximum atomic E-state index is 11.6. The summed E-state index contributed by atoms with van der Waals surface area (Å²) in [4.78, 5) is 11.6. The number of hydrogen-bond donors (Lipinski definition) is 1. The van der Waals surface area contributed by atoms with E-state index in [9.17, 15) is 4.79 Å². The van der Waals surface area contributed by atoms with Gasteiger partial charge in [0.1, 0.15) is 5.82 Å². The van der Waals surface area contributed by atoms with Crippen LogP contribution >= 0.6 is 23.4 Å². The van der Waals surface area contributed by atoms with Crippen LogP contribution in [0.4, 0.5) is 5.82 Å². The molecule has 1 heterocycles. The zero-order valence-corrected chi connectivity index (χ0v) is 12.0. The van der Waals surface area contributed by atoms with Gasteiger partial charge in [-0.2, -0.15) is 16.9 Å². The Morgan fingerprint density at radius 3 is 2.79 bits per heavy atom. The Morgan fingerprint density at radius 1 is 1.37 bits per heavy atom. The summed E-state index contributed by atoms with van der Waals surface area (Å²) in [5, 5.41) is 7.75. The van der Waals surface area contributed by atoms with Gasteiger partial charge in [-0.3, -0.25) is 4.79 Å². The van der Waals surface area contributed by atoms with Crippen molar-refractivity contribution in [1.29, 1.82) is 0 Å². The van der Waals surface area contributed by atoms with Gasteiger partial charge in [-0.25, -0.2) is 4.68 Å². The number of nitrogens with one attached hydrogen (secondary N) is 1. The molecule has 0 atom stereocenters. The van der Waals surface area contributed by atoms with Gasteiger partial charge < -0.3 is 5.32 Å². The number of hydrogen-bond acceptors (Lipinski definition) is 3. The third-order valence-electron chi connectivity index (χ3n) is 2.51. The smallest absolute Gasteiger partial charge is 0.235 e. The molecule has 0 saturated heterocycles. The molecule has 1 amide bonds. The van der Waals surface area contributed by atoms with Gasteiger partial charge in [0.25, 0.3) is 0 Å². The topological polar surface area (TPSA) is 46.9 Å². The van der Waals surface area contributed by atoms with Crippen LogP contribution in [0.5, 0.6) is 0 Å². The largest absolute Gasteiger partial charge is 0.310 e. The second-order valence-electron chi connectivity index (χ2n) is 3.98. The van der Waals surface area contributed by atoms with Gasteiger partial charge in [0.2, 0.25) is 5.91 Å². The quantitative estimate of drug-likeness (QED) is 0.922. The van der Waals surface area contributed by atoms with E-state index in [1.807, 2.05) is 30.5 Å². The van der Waals surface area contributed by atoms with Crippen LogP contribution in [0, 0.1) is 0 Å². The molecule has 2 rings (SSSR count). The lowest BCUT2D eigenvalue weighted by atomic mass is 10.2. The lowest BCUT2D eigenvalue weighted by Gasteiger charge is -2.08. The van der Waals surface area contributed by atoms with E-state index in [0.29, 0.717) is 23.1 Å². The molecule has 0 spiro atoms. The van der Waals surface area contributed by atoms with Crippen LogP contribution in [-0.2, 0) is 11.3 Å². The molecule has 19 heavy (non-hydrogen) atoms. The van der Waals surface area contributed by atoms with Crippen molar-refractivity contribution < 1.29 is 4.79 Å². The molecule has 0 saturated carbocycles. The molecule has 0 aliphatic heterocycles. The minimum atomic E-state index is -0.0228. The molecule has 1 N–H and O–H groups in total. The molecule has 4 nitrogen and oxygen atoms in total. The predicted molar refractivity (Wildman–Crippen MR) is 79.8 cm³/mol. The molecule has 0 fully saturated rings. The van der Waals surface area contributed by atoms with Crippen LogP contribution in [0.25, 0.3) is 0 Å². The molecule has 1 aromatic carbocycles. The van der Waals surface area contributed by atoms with Crippen LogP contribution < -0.4 is 5.32 Å². The van der Waals surface area contributed by atoms with E-state index in [-0.39, 0.29) is 5.91 Å². The standard InChI is InChI=1S/C13H14ClN3OS/c1-19-9-13(18)16-12-6-7-15-17(12)8-10-2-4-11(14)5-3-10/h2-7H,8-9H2,1H3,(H,16,18). The van der Waals surface area contributed by atoms with Gasteiger partial charge in [-0.05, 0) is 24.0 Å². The van der Waals surface area contributed by atoms with Gasteiger partial charge in [0, 0.05) is 11.1 Å². The van der Waals surface area contributed by atoms with Crippen molar-refractivity contribution in [2.45, 2.75) is 6.54 Å². The van der Waals surface area contributed by atoms with Crippen LogP contribution in [-0.4, -0.2) is 27.7 Å². The number of thioether (sulfide) groups is 1. The third-order valence-corrected chi connectivity index (χ3v) is 3.31. The fourth-order valence-corrected chi connectivity index (χ4v) is 2.10. The predicted octanol–water partition coefficient (Wildman–Crippen LogP) is 2.89. The Bertz CT molecular complexity index is 553. The van der Waals surface area contributed by atoms with Crippen molar-refractivity contribution in [2.75, 3.05) is 17.3 Å². The third kappa shape index (κ3) is 4.01. The summed E-state index contributed by atoms with van der Waals surface area (Å²) < 4.78 is 1.75. The second kappa shape index (κ2) is 6.63. The first-order valence-corrected chi connectivity index (χ1v) is 7.51. The molecule has 0 aliphatic rings. The number of nitrogens with zero attached hydrogens (tertiary/aromatic N) is 2. The highest BCUT2D eigenvalue weighted by Crippen LogP contribution is 2.13. The molecular formula is C13H14ClN3OS. The number of carbonyl (C=O) groups is 1. The number of rotatable bonds is 5. The number of benzene rings is 1. The highest BCUT2D eigenvalue weighted by molar-refractivity contribution is 7.99. The Labute approximate surface area is 121 Å². The molecular weight excluding hydrogens is 282 g/mol. The summed E-state index contributed by atoms with van der Waals surface area (Å²) in [5.41, 5.74) is 1.08. The van der Waals surface area contributed by atoms with Gasteiger partial charge in [-0.15, -0.1) is 0 Å². The minimum Gasteiger partial charge on any atom is -0.310 e. The number of anilines is 1. The maximum absolute atomic E-state index is 11.6. The maximum Gasteiger partial charge on any atom is 0.235 e. The molecule has 2 aromatic rings. The van der Waals surface area contributed by atoms with Crippen molar-refractivity contribution in [1.82, 2.24) is 9.78 Å². The monoisotopic (exact) mass is 295 g/mol. The summed E-state index contributed by atoms with van der Waals surface area (Å²) >= 11 is 7.33. The van der Waals surface area contributed by atoms with Crippen LogP contribution in [0.3, 0.4) is 0 Å². The fraction of sp³-hybridized carbons (Fsp3) is 0.231. The molecule has 0 bridgehead atoms. The van der Waals surface area contributed by atoms with Gasteiger partial charge >= 0.3 is 0 Å². The molecule has 6 heteroatoms. The van der Waals surface area contributed by atoms with E-state index in [2.05, 4.69) is 10.4 Å². The summed E-state index contributed by atoms with van der Waals surface area (Å²) in [7, 11) is 0. The van der Waals surface area contributed by atoms with Crippen molar-refractivity contribution in [3.63, 3.8) is 0 Å². The van der Waals surface area contributed by atoms with E-state index in [0.717, 1.165) is 5.56 Å². The first-order chi connectivity index (χ1) is 9.19. The van der Waals surface area contributed by atoms with Crippen LogP contribution in [0.15, 0.2) is 36.5 Å². The van der Waals surface area contributed by atoms with Crippen molar-refractivity contribution >= 4 is 35.1 Å². The highest BCUT2D eigenvalue weighted by atomic mass is 35.5.